The summed E-state index contributed by atoms with van der Waals surface area (Å²) >= 11 is 1.67. The minimum atomic E-state index is -0.419. The molecular weight excluding hydrogens is 643 g/mol. The Labute approximate surface area is 296 Å². The second-order valence-electron chi connectivity index (χ2n) is 13.3. The Morgan fingerprint density at radius 3 is 2.54 bits per heavy atom. The van der Waals surface area contributed by atoms with Gasteiger partial charge in [0.1, 0.15) is 35.5 Å². The predicted molar refractivity (Wildman–Crippen MR) is 199 cm³/mol. The van der Waals surface area contributed by atoms with E-state index in [2.05, 4.69) is 53.1 Å². The number of thiazole rings is 1. The molecule has 1 aliphatic carbocycles. The van der Waals surface area contributed by atoms with Crippen LogP contribution in [0.1, 0.15) is 81.6 Å². The molecule has 1 atom stereocenters. The number of ether oxygens (including phenoxy) is 3. The highest BCUT2D eigenvalue weighted by Gasteiger charge is 2.34. The average Bonchev–Trinajstić information content (AvgIpc) is 3.76. The molecule has 6 aromatic rings. The quantitative estimate of drug-likeness (QED) is 0.156. The van der Waals surface area contributed by atoms with E-state index in [1.54, 1.807) is 18.4 Å². The fourth-order valence-electron chi connectivity index (χ4n) is 7.89. The van der Waals surface area contributed by atoms with E-state index in [-0.39, 0.29) is 5.92 Å². The van der Waals surface area contributed by atoms with Crippen molar-refractivity contribution in [1.29, 1.82) is 0 Å². The standard InChI is InChI=1S/C42H41N3O4S/c1-47-32-24-34(35(42-44-18-21-50-42)22-27-12-15-31(16-13-27)49-26-28-8-4-2-5-9-28)39-37(25-32)48-20-19-45-36-23-30(41(43)46)14-17-33(36)38(40(39)45)29-10-6-3-7-11-29/h2,4-5,8-9,12-18,21,23-25,29,35H,3,6-7,10-11,19-20,22,26H2,1H3,(H2,43,46)/t35-/m0/s1. The molecule has 254 valence electrons. The van der Waals surface area contributed by atoms with Gasteiger partial charge in [0.2, 0.25) is 5.91 Å². The smallest absolute Gasteiger partial charge is 0.248 e. The highest BCUT2D eigenvalue weighted by Crippen LogP contribution is 2.51. The molecule has 8 heteroatoms. The topological polar surface area (TPSA) is 88.6 Å². The van der Waals surface area contributed by atoms with E-state index in [1.165, 1.54) is 41.5 Å². The largest absolute Gasteiger partial charge is 0.497 e. The molecule has 0 radical (unpaired) electrons. The zero-order chi connectivity index (χ0) is 34.0. The normalized spacial score (nSPS) is 15.1. The maximum Gasteiger partial charge on any atom is 0.248 e. The van der Waals surface area contributed by atoms with Crippen molar-refractivity contribution in [2.75, 3.05) is 13.7 Å². The lowest BCUT2D eigenvalue weighted by atomic mass is 9.80. The molecule has 2 aromatic heterocycles. The molecule has 1 saturated carbocycles. The Bertz CT molecular complexity index is 2120. The van der Waals surface area contributed by atoms with Crippen LogP contribution in [0, 0.1) is 0 Å². The molecule has 0 saturated heterocycles. The lowest BCUT2D eigenvalue weighted by molar-refractivity contribution is 0.100. The fourth-order valence-corrected chi connectivity index (χ4v) is 8.65. The Morgan fingerprint density at radius 2 is 1.80 bits per heavy atom. The van der Waals surface area contributed by atoms with Crippen LogP contribution in [0.2, 0.25) is 0 Å². The molecule has 0 unspecified atom stereocenters. The van der Waals surface area contributed by atoms with Gasteiger partial charge < -0.3 is 24.5 Å². The number of benzene rings is 4. The molecule has 50 heavy (non-hydrogen) atoms. The van der Waals surface area contributed by atoms with Crippen molar-refractivity contribution in [3.63, 3.8) is 0 Å². The molecule has 4 aromatic carbocycles. The number of fused-ring (bicyclic) bond motifs is 5. The molecule has 2 aliphatic rings. The number of aromatic nitrogens is 2. The van der Waals surface area contributed by atoms with Crippen molar-refractivity contribution in [3.8, 4) is 28.5 Å². The van der Waals surface area contributed by atoms with Crippen LogP contribution in [0.5, 0.6) is 17.2 Å². The van der Waals surface area contributed by atoms with Gasteiger partial charge in [-0.1, -0.05) is 67.8 Å². The van der Waals surface area contributed by atoms with Crippen molar-refractivity contribution in [1.82, 2.24) is 9.55 Å². The molecule has 8 rings (SSSR count). The summed E-state index contributed by atoms with van der Waals surface area (Å²) in [7, 11) is 1.71. The van der Waals surface area contributed by atoms with Crippen molar-refractivity contribution < 1.29 is 19.0 Å². The van der Waals surface area contributed by atoms with Crippen LogP contribution in [0.25, 0.3) is 22.2 Å². The van der Waals surface area contributed by atoms with Gasteiger partial charge in [0.25, 0.3) is 0 Å². The van der Waals surface area contributed by atoms with Gasteiger partial charge in [0.05, 0.1) is 19.3 Å². The number of carbonyl (C=O) groups excluding carboxylic acids is 1. The number of rotatable bonds is 10. The van der Waals surface area contributed by atoms with Crippen molar-refractivity contribution in [3.05, 3.63) is 129 Å². The SMILES string of the molecule is COc1cc2c(c([C@H](Cc3ccc(OCc4ccccc4)cc3)c3nccs3)c1)-c1c(C3CCCCC3)c3ccc(C(N)=O)cc3n1CCO2. The molecule has 7 nitrogen and oxygen atoms in total. The molecule has 1 aliphatic heterocycles. The van der Waals surface area contributed by atoms with Crippen molar-refractivity contribution in [2.45, 2.75) is 63.5 Å². The highest BCUT2D eigenvalue weighted by atomic mass is 32.1. The van der Waals surface area contributed by atoms with Gasteiger partial charge in [-0.05, 0) is 77.8 Å². The maximum absolute atomic E-state index is 12.4. The van der Waals surface area contributed by atoms with Crippen LogP contribution in [0.4, 0.5) is 0 Å². The number of nitrogens with two attached hydrogens (primary N) is 1. The van der Waals surface area contributed by atoms with E-state index < -0.39 is 5.91 Å². The van der Waals surface area contributed by atoms with Gasteiger partial charge in [0.15, 0.2) is 0 Å². The Hall–Kier alpha value is -5.08. The number of methoxy groups -OCH3 is 1. The maximum atomic E-state index is 12.4. The van der Waals surface area contributed by atoms with Crippen LogP contribution in [-0.2, 0) is 19.6 Å². The van der Waals surface area contributed by atoms with Crippen molar-refractivity contribution >= 4 is 28.1 Å². The summed E-state index contributed by atoms with van der Waals surface area (Å²) in [4.78, 5) is 17.3. The summed E-state index contributed by atoms with van der Waals surface area (Å²) in [5.41, 5.74) is 14.4. The third-order valence-electron chi connectivity index (χ3n) is 10.3. The minimum Gasteiger partial charge on any atom is -0.497 e. The van der Waals surface area contributed by atoms with Gasteiger partial charge in [-0.3, -0.25) is 4.79 Å². The number of nitrogens with zero attached hydrogens (tertiary/aromatic N) is 2. The summed E-state index contributed by atoms with van der Waals surface area (Å²) in [6.45, 7) is 1.67. The first kappa shape index (κ1) is 32.1. The molecular formula is C42H41N3O4S. The molecule has 3 heterocycles. The Balaban J connectivity index is 1.27. The van der Waals surface area contributed by atoms with Gasteiger partial charge in [-0.15, -0.1) is 11.3 Å². The monoisotopic (exact) mass is 683 g/mol. The van der Waals surface area contributed by atoms with Crippen LogP contribution in [0.15, 0.2) is 96.5 Å². The molecule has 1 fully saturated rings. The first-order valence-corrected chi connectivity index (χ1v) is 18.4. The van der Waals surface area contributed by atoms with Gasteiger partial charge in [-0.25, -0.2) is 4.98 Å². The molecule has 0 spiro atoms. The first-order chi connectivity index (χ1) is 24.6. The zero-order valence-electron chi connectivity index (χ0n) is 28.3. The summed E-state index contributed by atoms with van der Waals surface area (Å²) in [5, 5.41) is 4.28. The van der Waals surface area contributed by atoms with Crippen LogP contribution >= 0.6 is 11.3 Å². The van der Waals surface area contributed by atoms with E-state index in [1.807, 2.05) is 48.0 Å². The van der Waals surface area contributed by atoms with Crippen LogP contribution < -0.4 is 19.9 Å². The lowest BCUT2D eigenvalue weighted by Crippen LogP contribution is -2.11. The molecule has 2 N–H and O–H groups in total. The average molecular weight is 684 g/mol. The molecule has 0 bridgehead atoms. The third-order valence-corrected chi connectivity index (χ3v) is 11.2. The van der Waals surface area contributed by atoms with Crippen molar-refractivity contribution in [2.24, 2.45) is 5.73 Å². The zero-order valence-corrected chi connectivity index (χ0v) is 29.1. The van der Waals surface area contributed by atoms with Gasteiger partial charge in [0, 0.05) is 45.6 Å². The van der Waals surface area contributed by atoms with Crippen LogP contribution in [-0.4, -0.2) is 29.2 Å². The summed E-state index contributed by atoms with van der Waals surface area (Å²) in [6.07, 6.45) is 8.58. The Kier molecular flexibility index (Phi) is 9.02. The Morgan fingerprint density at radius 1 is 0.980 bits per heavy atom. The predicted octanol–water partition coefficient (Wildman–Crippen LogP) is 9.27. The summed E-state index contributed by atoms with van der Waals surface area (Å²) < 4.78 is 21.0. The highest BCUT2D eigenvalue weighted by molar-refractivity contribution is 7.09. The van der Waals surface area contributed by atoms with E-state index in [4.69, 9.17) is 24.9 Å². The third kappa shape index (κ3) is 6.24. The number of amides is 1. The summed E-state index contributed by atoms with van der Waals surface area (Å²) in [6, 6.07) is 28.8. The minimum absolute atomic E-state index is 0.0662. The number of hydrogen-bond donors (Lipinski definition) is 1. The second kappa shape index (κ2) is 14.0. The van der Waals surface area contributed by atoms with E-state index >= 15 is 0 Å². The molecule has 1 amide bonds. The van der Waals surface area contributed by atoms with Gasteiger partial charge >= 0.3 is 0 Å². The second-order valence-corrected chi connectivity index (χ2v) is 14.3. The lowest BCUT2D eigenvalue weighted by Gasteiger charge is -2.26. The van der Waals surface area contributed by atoms with Gasteiger partial charge in [-0.2, -0.15) is 0 Å². The van der Waals surface area contributed by atoms with Crippen LogP contribution in [0.3, 0.4) is 0 Å². The number of carbonyl (C=O) groups is 1. The first-order valence-electron chi connectivity index (χ1n) is 17.5. The van der Waals surface area contributed by atoms with E-state index in [0.717, 1.165) is 63.7 Å². The fraction of sp³-hybridized carbons (Fsp3) is 0.286. The number of hydrogen-bond acceptors (Lipinski definition) is 6. The summed E-state index contributed by atoms with van der Waals surface area (Å²) in [5.74, 6) is 2.33. The van der Waals surface area contributed by atoms with E-state index in [9.17, 15) is 4.79 Å². The van der Waals surface area contributed by atoms with E-state index in [0.29, 0.717) is 31.2 Å². The number of primary amides is 1.